The van der Waals surface area contributed by atoms with Crippen LogP contribution in [0.3, 0.4) is 0 Å². The first kappa shape index (κ1) is 19.9. The molecule has 0 unspecified atom stereocenters. The predicted octanol–water partition coefficient (Wildman–Crippen LogP) is 3.66. The zero-order valence-corrected chi connectivity index (χ0v) is 16.9. The largest absolute Gasteiger partial charge is 0.376 e. The number of aromatic nitrogens is 2. The van der Waals surface area contributed by atoms with Crippen LogP contribution in [-0.2, 0) is 17.8 Å². The van der Waals surface area contributed by atoms with Crippen molar-refractivity contribution in [2.45, 2.75) is 63.5 Å². The third kappa shape index (κ3) is 5.56. The van der Waals surface area contributed by atoms with E-state index in [4.69, 9.17) is 9.26 Å². The van der Waals surface area contributed by atoms with Crippen molar-refractivity contribution in [2.24, 2.45) is 0 Å². The molecule has 0 bridgehead atoms. The molecule has 0 radical (unpaired) electrons. The average molecular weight is 399 g/mol. The van der Waals surface area contributed by atoms with Gasteiger partial charge in [-0.05, 0) is 24.8 Å². The Balaban J connectivity index is 1.19. The van der Waals surface area contributed by atoms with E-state index in [2.05, 4.69) is 15.5 Å². The Kier molecular flexibility index (Phi) is 6.77. The van der Waals surface area contributed by atoms with Crippen molar-refractivity contribution in [1.29, 1.82) is 0 Å². The number of rotatable bonds is 7. The van der Waals surface area contributed by atoms with Gasteiger partial charge in [-0.3, -0.25) is 0 Å². The van der Waals surface area contributed by atoms with Gasteiger partial charge in [0.15, 0.2) is 5.82 Å². The smallest absolute Gasteiger partial charge is 0.317 e. The second-order valence-electron chi connectivity index (χ2n) is 8.05. The zero-order chi connectivity index (χ0) is 19.9. The van der Waals surface area contributed by atoms with Gasteiger partial charge in [-0.2, -0.15) is 4.98 Å². The van der Waals surface area contributed by atoms with Crippen LogP contribution >= 0.6 is 0 Å². The molecule has 1 aliphatic carbocycles. The number of ether oxygens (including phenoxy) is 1. The van der Waals surface area contributed by atoms with Gasteiger partial charge in [0.2, 0.25) is 5.89 Å². The summed E-state index contributed by atoms with van der Waals surface area (Å²) in [5, 5.41) is 7.27. The molecular formula is C22H30N4O3. The summed E-state index contributed by atoms with van der Waals surface area (Å²) in [5.41, 5.74) is 1.15. The standard InChI is InChI=1S/C22H30N4O3/c27-22(23-19-9-5-2-6-10-19)26-13-11-18(15-26)21-24-20(25-29-21)12-14-28-16-17-7-3-1-4-8-17/h1,3-4,7-8,18-19H,2,5-6,9-16H2,(H,23,27)/t18-/m0/s1. The highest BCUT2D eigenvalue weighted by Gasteiger charge is 2.32. The number of amides is 2. The summed E-state index contributed by atoms with van der Waals surface area (Å²) in [4.78, 5) is 18.9. The number of carbonyl (C=O) groups is 1. The average Bonchev–Trinajstić information content (AvgIpc) is 3.42. The summed E-state index contributed by atoms with van der Waals surface area (Å²) in [6.07, 6.45) is 7.40. The molecule has 4 rings (SSSR count). The Morgan fingerprint density at radius 2 is 2.00 bits per heavy atom. The molecule has 7 heteroatoms. The molecule has 1 atom stereocenters. The van der Waals surface area contributed by atoms with E-state index in [0.29, 0.717) is 43.9 Å². The molecule has 29 heavy (non-hydrogen) atoms. The van der Waals surface area contributed by atoms with Crippen LogP contribution < -0.4 is 5.32 Å². The van der Waals surface area contributed by atoms with Crippen molar-refractivity contribution in [3.05, 3.63) is 47.6 Å². The SMILES string of the molecule is O=C(NC1CCCCC1)N1CC[C@H](c2nc(CCOCc3ccccc3)no2)C1. The van der Waals surface area contributed by atoms with Crippen molar-refractivity contribution in [3.8, 4) is 0 Å². The number of benzene rings is 1. The summed E-state index contributed by atoms with van der Waals surface area (Å²) in [7, 11) is 0. The minimum atomic E-state index is 0.0495. The molecule has 2 amide bonds. The number of nitrogens with zero attached hydrogens (tertiary/aromatic N) is 3. The van der Waals surface area contributed by atoms with Crippen LogP contribution in [-0.4, -0.2) is 46.8 Å². The van der Waals surface area contributed by atoms with Crippen molar-refractivity contribution in [1.82, 2.24) is 20.4 Å². The van der Waals surface area contributed by atoms with Gasteiger partial charge in [-0.25, -0.2) is 4.79 Å². The number of hydrogen-bond donors (Lipinski definition) is 1. The molecular weight excluding hydrogens is 368 g/mol. The molecule has 1 saturated carbocycles. The van der Waals surface area contributed by atoms with Gasteiger partial charge in [-0.15, -0.1) is 0 Å². The third-order valence-electron chi connectivity index (χ3n) is 5.82. The lowest BCUT2D eigenvalue weighted by Gasteiger charge is -2.26. The lowest BCUT2D eigenvalue weighted by atomic mass is 9.96. The third-order valence-corrected chi connectivity index (χ3v) is 5.82. The Morgan fingerprint density at radius 3 is 2.83 bits per heavy atom. The molecule has 1 saturated heterocycles. The molecule has 1 aromatic carbocycles. The van der Waals surface area contributed by atoms with Crippen molar-refractivity contribution >= 4 is 6.03 Å². The van der Waals surface area contributed by atoms with Crippen LogP contribution in [0.4, 0.5) is 4.79 Å². The number of likely N-dealkylation sites (tertiary alicyclic amines) is 1. The lowest BCUT2D eigenvalue weighted by Crippen LogP contribution is -2.44. The maximum atomic E-state index is 12.5. The maximum Gasteiger partial charge on any atom is 0.317 e. The Bertz CT molecular complexity index is 773. The summed E-state index contributed by atoms with van der Waals surface area (Å²) in [6.45, 7) is 2.51. The Morgan fingerprint density at radius 1 is 1.17 bits per heavy atom. The molecule has 1 aliphatic heterocycles. The highest BCUT2D eigenvalue weighted by atomic mass is 16.5. The van der Waals surface area contributed by atoms with E-state index in [9.17, 15) is 4.79 Å². The van der Waals surface area contributed by atoms with Gasteiger partial charge in [0.1, 0.15) is 0 Å². The van der Waals surface area contributed by atoms with E-state index >= 15 is 0 Å². The molecule has 156 valence electrons. The highest BCUT2D eigenvalue weighted by molar-refractivity contribution is 5.75. The Labute approximate surface area is 171 Å². The first-order valence-electron chi connectivity index (χ1n) is 10.8. The molecule has 2 heterocycles. The van der Waals surface area contributed by atoms with Crippen LogP contribution in [0, 0.1) is 0 Å². The monoisotopic (exact) mass is 398 g/mol. The van der Waals surface area contributed by atoms with E-state index in [1.165, 1.54) is 19.3 Å². The Hall–Kier alpha value is -2.41. The van der Waals surface area contributed by atoms with Gasteiger partial charge < -0.3 is 19.5 Å². The molecule has 2 fully saturated rings. The van der Waals surface area contributed by atoms with Crippen LogP contribution in [0.2, 0.25) is 0 Å². The number of hydrogen-bond acceptors (Lipinski definition) is 5. The number of nitrogens with one attached hydrogen (secondary N) is 1. The molecule has 1 aromatic heterocycles. The molecule has 7 nitrogen and oxygen atoms in total. The molecule has 0 spiro atoms. The van der Waals surface area contributed by atoms with Gasteiger partial charge >= 0.3 is 6.03 Å². The van der Waals surface area contributed by atoms with E-state index in [1.807, 2.05) is 35.2 Å². The maximum absolute atomic E-state index is 12.5. The van der Waals surface area contributed by atoms with Gasteiger partial charge in [0.25, 0.3) is 0 Å². The van der Waals surface area contributed by atoms with Gasteiger partial charge in [0, 0.05) is 25.6 Å². The quantitative estimate of drug-likeness (QED) is 0.720. The number of carbonyl (C=O) groups excluding carboxylic acids is 1. The van der Waals surface area contributed by atoms with E-state index in [-0.39, 0.29) is 11.9 Å². The topological polar surface area (TPSA) is 80.5 Å². The first-order chi connectivity index (χ1) is 14.3. The van der Waals surface area contributed by atoms with Gasteiger partial charge in [0.05, 0.1) is 19.1 Å². The van der Waals surface area contributed by atoms with Crippen LogP contribution in [0.5, 0.6) is 0 Å². The minimum absolute atomic E-state index is 0.0495. The summed E-state index contributed by atoms with van der Waals surface area (Å²) >= 11 is 0. The van der Waals surface area contributed by atoms with E-state index in [1.54, 1.807) is 0 Å². The number of urea groups is 1. The fraction of sp³-hybridized carbons (Fsp3) is 0.591. The second kappa shape index (κ2) is 9.87. The first-order valence-corrected chi connectivity index (χ1v) is 10.8. The summed E-state index contributed by atoms with van der Waals surface area (Å²) < 4.78 is 11.2. The normalized spacial score (nSPS) is 20.1. The molecule has 2 aliphatic rings. The fourth-order valence-corrected chi connectivity index (χ4v) is 4.12. The van der Waals surface area contributed by atoms with E-state index in [0.717, 1.165) is 31.4 Å². The van der Waals surface area contributed by atoms with Crippen molar-refractivity contribution in [2.75, 3.05) is 19.7 Å². The minimum Gasteiger partial charge on any atom is -0.376 e. The molecule has 2 aromatic rings. The highest BCUT2D eigenvalue weighted by Crippen LogP contribution is 2.26. The lowest BCUT2D eigenvalue weighted by molar-refractivity contribution is 0.122. The van der Waals surface area contributed by atoms with Gasteiger partial charge in [-0.1, -0.05) is 54.8 Å². The van der Waals surface area contributed by atoms with Crippen LogP contribution in [0.1, 0.15) is 61.7 Å². The predicted molar refractivity (Wildman–Crippen MR) is 108 cm³/mol. The zero-order valence-electron chi connectivity index (χ0n) is 16.9. The second-order valence-corrected chi connectivity index (χ2v) is 8.05. The van der Waals surface area contributed by atoms with Crippen molar-refractivity contribution in [3.63, 3.8) is 0 Å². The molecule has 1 N–H and O–H groups in total. The summed E-state index contributed by atoms with van der Waals surface area (Å²) in [5.74, 6) is 1.42. The van der Waals surface area contributed by atoms with Crippen LogP contribution in [0.15, 0.2) is 34.9 Å². The van der Waals surface area contributed by atoms with Crippen molar-refractivity contribution < 1.29 is 14.1 Å². The van der Waals surface area contributed by atoms with Crippen LogP contribution in [0.25, 0.3) is 0 Å². The van der Waals surface area contributed by atoms with E-state index < -0.39 is 0 Å². The summed E-state index contributed by atoms with van der Waals surface area (Å²) in [6, 6.07) is 10.5. The fourth-order valence-electron chi connectivity index (χ4n) is 4.12.